The van der Waals surface area contributed by atoms with E-state index in [1.165, 1.54) is 60.0 Å². The Morgan fingerprint density at radius 1 is 0.403 bits per heavy atom. The predicted molar refractivity (Wildman–Crippen MR) is 556 cm³/mol. The number of nitrogens with one attached hydrogen (secondary N) is 3. The summed E-state index contributed by atoms with van der Waals surface area (Å²) in [6.07, 6.45) is 14.2. The van der Waals surface area contributed by atoms with E-state index in [-0.39, 0.29) is 157 Å². The molecule has 9 aromatic heterocycles. The number of aromatic amines is 3. The van der Waals surface area contributed by atoms with Gasteiger partial charge in [0.05, 0.1) is 160 Å². The van der Waals surface area contributed by atoms with Gasteiger partial charge in [0.15, 0.2) is 5.82 Å². The maximum Gasteiger partial charge on any atom is 0.300 e. The number of hydrogen-bond acceptors (Lipinski definition) is 20. The first kappa shape index (κ1) is 98.3. The highest BCUT2D eigenvalue weighted by Gasteiger charge is 2.47. The topological polar surface area (TPSA) is 318 Å². The van der Waals surface area contributed by atoms with Crippen molar-refractivity contribution < 1.29 is 41.4 Å². The minimum Gasteiger partial charge on any atom is -0.486 e. The lowest BCUT2D eigenvalue weighted by atomic mass is 9.93. The zero-order chi connectivity index (χ0) is 103. The Morgan fingerprint density at radius 3 is 1.10 bits per heavy atom. The van der Waals surface area contributed by atoms with Gasteiger partial charge in [-0.3, -0.25) is 57.8 Å². The summed E-state index contributed by atoms with van der Waals surface area (Å²) >= 11 is 14.9. The first-order valence-electron chi connectivity index (χ1n) is 48.8. The van der Waals surface area contributed by atoms with Crippen LogP contribution in [0.5, 0.6) is 11.5 Å². The van der Waals surface area contributed by atoms with E-state index in [1.54, 1.807) is 55.4 Å². The molecule has 0 bridgehead atoms. The third kappa shape index (κ3) is 16.0. The summed E-state index contributed by atoms with van der Waals surface area (Å²) in [4.78, 5) is 123. The van der Waals surface area contributed by atoms with Crippen LogP contribution in [0.15, 0.2) is 145 Å². The number of anilines is 3. The Bertz CT molecular complexity index is 8020. The molecule has 3 fully saturated rings. The van der Waals surface area contributed by atoms with Crippen LogP contribution in [0.25, 0.3) is 116 Å². The molecule has 0 saturated carbocycles. The lowest BCUT2D eigenvalue weighted by Crippen LogP contribution is -2.62. The normalized spacial score (nSPS) is 17.7. The van der Waals surface area contributed by atoms with Crippen molar-refractivity contribution in [1.29, 1.82) is 0 Å². The molecule has 6 aliphatic rings. The van der Waals surface area contributed by atoms with Crippen molar-refractivity contribution in [2.45, 2.75) is 209 Å². The van der Waals surface area contributed by atoms with Crippen LogP contribution in [0.2, 0.25) is 10.0 Å². The number of benzene rings is 6. The van der Waals surface area contributed by atoms with Gasteiger partial charge >= 0.3 is 0 Å². The smallest absolute Gasteiger partial charge is 0.300 e. The van der Waals surface area contributed by atoms with Gasteiger partial charge in [0.25, 0.3) is 16.7 Å². The molecule has 0 spiro atoms. The average molecular weight is 1990 g/mol. The maximum atomic E-state index is 17.7. The second-order valence-electron chi connectivity index (χ2n) is 40.3. The lowest BCUT2D eigenvalue weighted by Gasteiger charge is -2.48. The molecule has 15 heterocycles. The fourth-order valence-electron chi connectivity index (χ4n) is 22.4. The summed E-state index contributed by atoms with van der Waals surface area (Å²) < 4.78 is 85.2. The number of carbonyl (C=O) groups is 3. The van der Waals surface area contributed by atoms with Gasteiger partial charge in [-0.25, -0.2) is 47.5 Å². The zero-order valence-corrected chi connectivity index (χ0v) is 85.1. The fraction of sp³-hybridized carbons (Fsp3) is 0.367. The van der Waals surface area contributed by atoms with Crippen LogP contribution in [0.3, 0.4) is 0 Å². The van der Waals surface area contributed by atoms with Crippen molar-refractivity contribution in [2.24, 2.45) is 0 Å². The van der Waals surface area contributed by atoms with Crippen LogP contribution in [0.4, 0.5) is 34.6 Å². The van der Waals surface area contributed by atoms with E-state index in [2.05, 4.69) is 90.0 Å². The van der Waals surface area contributed by atoms with Gasteiger partial charge in [0, 0.05) is 136 Å². The van der Waals surface area contributed by atoms with Gasteiger partial charge in [-0.1, -0.05) is 144 Å². The summed E-state index contributed by atoms with van der Waals surface area (Å²) in [6.45, 7) is 49.0. The van der Waals surface area contributed by atoms with Crippen molar-refractivity contribution in [3.8, 4) is 61.9 Å². The highest BCUT2D eigenvalue weighted by molar-refractivity contribution is 6.40. The minimum atomic E-state index is -0.898. The maximum absolute atomic E-state index is 17.7. The molecule has 6 atom stereocenters. The Morgan fingerprint density at radius 2 is 0.722 bits per heavy atom. The Kier molecular flexibility index (Phi) is 25.9. The zero-order valence-electron chi connectivity index (χ0n) is 83.6. The fourth-order valence-corrected chi connectivity index (χ4v) is 23.1. The van der Waals surface area contributed by atoms with Crippen LogP contribution in [0.1, 0.15) is 202 Å². The number of hydrogen-bond donors (Lipinski definition) is 3. The van der Waals surface area contributed by atoms with Gasteiger partial charge in [0.1, 0.15) is 43.0 Å². The van der Waals surface area contributed by atoms with E-state index in [9.17, 15) is 19.2 Å². The van der Waals surface area contributed by atoms with E-state index < -0.39 is 34.4 Å². The molecular weight excluding hydrogens is 1880 g/mol. The quantitative estimate of drug-likeness (QED) is 0.0634. The molecule has 21 rings (SSSR count). The molecule has 0 aliphatic carbocycles. The molecule has 744 valence electrons. The number of piperazine rings is 3. The van der Waals surface area contributed by atoms with Crippen molar-refractivity contribution in [2.75, 3.05) is 67.2 Å². The number of halogens is 6. The number of ether oxygens (including phenoxy) is 2. The first-order chi connectivity index (χ1) is 68.8. The summed E-state index contributed by atoms with van der Waals surface area (Å²) in [5.74, 6) is -3.76. The number of fused-ring (bicyclic) bond motifs is 18. The van der Waals surface area contributed by atoms with Crippen LogP contribution in [-0.4, -0.2) is 195 Å². The SMILES string of the molecule is C=CC(=O)N1CC2CCOc3c(c4cc(F)c(-c5c(C)ccc6[nH]ncc56)c(Cl)c4n(-c4c(C(C)C)ncnc4C(C)C)c3=O)N2CC1C.C=CC(=O)N1CC2COc3c(c4cc(F)c(-c5c(C)ccc6[nH]ncc56)c(F)c4n(-c4c(C(C)C)ncnc4C(C)C)c3=O)N2CC1C.C=CC(=O)N1CC2Cc3c(c4cc(F)c(-c5c(C)ccc6[nH]ncc56)c(Cl)c4n(-c4c(C(C)C)ncnc4C(C)C)c3=O)N2CC1C. The largest absolute Gasteiger partial charge is 0.486 e. The molecule has 6 unspecified atom stereocenters. The molecule has 15 aromatic rings. The van der Waals surface area contributed by atoms with Gasteiger partial charge in [-0.05, 0) is 148 Å². The molecule has 6 aliphatic heterocycles. The highest BCUT2D eigenvalue weighted by Crippen LogP contribution is 2.53. The van der Waals surface area contributed by atoms with Crippen LogP contribution >= 0.6 is 23.2 Å². The summed E-state index contributed by atoms with van der Waals surface area (Å²) in [5, 5.41) is 24.7. The Labute approximate surface area is 838 Å². The monoisotopic (exact) mass is 1990 g/mol. The highest BCUT2D eigenvalue weighted by atomic mass is 35.5. The van der Waals surface area contributed by atoms with Crippen molar-refractivity contribution in [3.63, 3.8) is 0 Å². The number of H-pyrrole nitrogens is 3. The van der Waals surface area contributed by atoms with E-state index >= 15 is 27.2 Å². The molecule has 6 aromatic carbocycles. The Balaban J connectivity index is 0.000000137. The predicted octanol–water partition coefficient (Wildman–Crippen LogP) is 20.0. The van der Waals surface area contributed by atoms with E-state index in [0.29, 0.717) is 186 Å². The van der Waals surface area contributed by atoms with Gasteiger partial charge in [0.2, 0.25) is 29.2 Å². The van der Waals surface area contributed by atoms with Crippen molar-refractivity contribution >= 4 is 123 Å². The molecular formula is C109H113Cl2F4N21O8. The number of nitrogens with zero attached hydrogens (tertiary/aromatic N) is 18. The summed E-state index contributed by atoms with van der Waals surface area (Å²) in [6, 6.07) is 14.1. The number of aryl methyl sites for hydroxylation is 3. The van der Waals surface area contributed by atoms with Gasteiger partial charge in [-0.2, -0.15) is 15.3 Å². The van der Waals surface area contributed by atoms with Gasteiger partial charge in [-0.15, -0.1) is 0 Å². The number of carbonyl (C=O) groups excluding carboxylic acids is 3. The van der Waals surface area contributed by atoms with Crippen LogP contribution < -0.4 is 40.9 Å². The van der Waals surface area contributed by atoms with E-state index in [4.69, 9.17) is 32.7 Å². The molecule has 3 amide bonds. The number of rotatable bonds is 15. The third-order valence-electron chi connectivity index (χ3n) is 29.1. The molecule has 29 nitrogen and oxygen atoms in total. The second kappa shape index (κ2) is 38.0. The molecule has 35 heteroatoms. The molecule has 3 saturated heterocycles. The molecule has 3 N–H and O–H groups in total. The standard InChI is InChI=1S/C37H39ClFN7O3.C36H37ClFN7O2.C36H37F2N7O3/c1-8-27(47)44-16-22-11-12-49-36-34(45(22)15-21(44)7)23-13-25(39)29(28-20(6)9-10-26-24(28)14-42-43-26)30(38)33(23)46(37(36)48)35-31(18(2)3)40-17-41-32(35)19(4)5;1-8-27(46)43-15-21-11-23-33(44(21)14-20(43)7)22-12-25(38)29(28-19(6)9-10-26-24(28)13-41-42-26)30(37)34(22)45(36(23)47)35-31(17(2)3)39-16-40-32(35)18(4)5;1-8-26(46)43-14-21-15-48-35-33(44(21)13-20(43)7)22-11-24(37)28(27-19(6)9-10-25-23(27)12-41-42-25)29(38)32(22)45(36(35)47)34-30(17(2)3)39-16-40-31(34)18(4)5/h8-10,13-14,17-19,21-22H,1,11-12,15-16H2,2-7H3,(H,42,43);8-10,12-13,16-18,20-21H,1,11,14-15H2,2-7H3,(H,41,42);8-12,16-18,20-21H,1,13-15H2,2-7H3,(H,41,42). The number of amides is 3. The van der Waals surface area contributed by atoms with E-state index in [1.807, 2.05) is 153 Å². The van der Waals surface area contributed by atoms with Gasteiger partial charge < -0.3 is 38.9 Å². The summed E-state index contributed by atoms with van der Waals surface area (Å²) in [7, 11) is 0. The van der Waals surface area contributed by atoms with E-state index in [0.717, 1.165) is 27.5 Å². The molecule has 144 heavy (non-hydrogen) atoms. The van der Waals surface area contributed by atoms with Crippen molar-refractivity contribution in [3.05, 3.63) is 251 Å². The lowest BCUT2D eigenvalue weighted by molar-refractivity contribution is -0.129. The second-order valence-corrected chi connectivity index (χ2v) is 41.1. The average Bonchev–Trinajstić information content (AvgIpc) is 1.17. The minimum absolute atomic E-state index is 0.0117. The number of aromatic nitrogens is 15. The van der Waals surface area contributed by atoms with Crippen molar-refractivity contribution in [1.82, 2.24) is 88.9 Å². The Hall–Kier alpha value is -14.5. The van der Waals surface area contributed by atoms with Crippen LogP contribution in [-0.2, 0) is 20.8 Å². The van der Waals surface area contributed by atoms with Crippen LogP contribution in [0, 0.1) is 44.0 Å². The third-order valence-corrected chi connectivity index (χ3v) is 29.9. The molecule has 0 radical (unpaired) electrons. The number of pyridine rings is 3. The summed E-state index contributed by atoms with van der Waals surface area (Å²) in [5.41, 5.74) is 12.6. The first-order valence-corrected chi connectivity index (χ1v) is 49.6.